The lowest BCUT2D eigenvalue weighted by molar-refractivity contribution is -0.384. The van der Waals surface area contributed by atoms with Crippen LogP contribution < -0.4 is 10.6 Å². The fourth-order valence-corrected chi connectivity index (χ4v) is 2.36. The van der Waals surface area contributed by atoms with E-state index in [1.807, 2.05) is 6.92 Å². The lowest BCUT2D eigenvalue weighted by atomic mass is 10.2. The van der Waals surface area contributed by atoms with Gasteiger partial charge in [0.05, 0.1) is 11.5 Å². The van der Waals surface area contributed by atoms with E-state index < -0.39 is 11.0 Å². The van der Waals surface area contributed by atoms with Crippen molar-refractivity contribution >= 4 is 39.2 Å². The van der Waals surface area contributed by atoms with Gasteiger partial charge < -0.3 is 15.4 Å². The van der Waals surface area contributed by atoms with Crippen LogP contribution >= 0.6 is 15.9 Å². The molecule has 138 valence electrons. The summed E-state index contributed by atoms with van der Waals surface area (Å²) in [6.07, 6.45) is 2.84. The average molecular weight is 423 g/mol. The zero-order valence-corrected chi connectivity index (χ0v) is 15.8. The summed E-state index contributed by atoms with van der Waals surface area (Å²) >= 11 is 3.17. The number of hydrogen-bond donors (Lipinski definition) is 2. The van der Waals surface area contributed by atoms with Gasteiger partial charge in [-0.05, 0) is 40.0 Å². The van der Waals surface area contributed by atoms with E-state index in [1.165, 1.54) is 12.3 Å². The number of ether oxygens (including phenoxy) is 1. The number of benzene rings is 1. The molecule has 9 heteroatoms. The summed E-state index contributed by atoms with van der Waals surface area (Å²) in [4.78, 5) is 26.2. The van der Waals surface area contributed by atoms with Gasteiger partial charge in [-0.2, -0.15) is 0 Å². The fraction of sp³-hybridized carbons (Fsp3) is 0.294. The molecule has 1 aromatic carbocycles. The molecule has 8 nitrogen and oxygen atoms in total. The number of alkyl carbamates (subject to hydrolysis) is 1. The Morgan fingerprint density at radius 1 is 1.35 bits per heavy atom. The molecule has 0 saturated heterocycles. The van der Waals surface area contributed by atoms with Crippen molar-refractivity contribution in [1.82, 2.24) is 10.3 Å². The molecule has 0 unspecified atom stereocenters. The molecule has 1 amide bonds. The van der Waals surface area contributed by atoms with E-state index in [1.54, 1.807) is 24.3 Å². The Balaban J connectivity index is 1.94. The van der Waals surface area contributed by atoms with Crippen LogP contribution in [0.4, 0.5) is 22.0 Å². The van der Waals surface area contributed by atoms with E-state index in [4.69, 9.17) is 4.74 Å². The van der Waals surface area contributed by atoms with Gasteiger partial charge in [-0.3, -0.25) is 10.1 Å². The Kier molecular flexibility index (Phi) is 7.34. The van der Waals surface area contributed by atoms with Gasteiger partial charge in [-0.15, -0.1) is 0 Å². The number of unbranched alkanes of at least 4 members (excludes halogenated alkanes) is 1. The van der Waals surface area contributed by atoms with Gasteiger partial charge in [0.2, 0.25) is 5.82 Å². The number of halogens is 1. The number of carbonyl (C=O) groups is 1. The van der Waals surface area contributed by atoms with Crippen molar-refractivity contribution in [3.8, 4) is 0 Å². The maximum Gasteiger partial charge on any atom is 0.407 e. The van der Waals surface area contributed by atoms with Crippen LogP contribution in [0.1, 0.15) is 25.3 Å². The first-order chi connectivity index (χ1) is 12.5. The molecule has 2 aromatic rings. The van der Waals surface area contributed by atoms with Crippen LogP contribution in [0.25, 0.3) is 0 Å². The summed E-state index contributed by atoms with van der Waals surface area (Å²) in [6, 6.07) is 8.51. The summed E-state index contributed by atoms with van der Waals surface area (Å²) in [5.74, 6) is 0.156. The van der Waals surface area contributed by atoms with Gasteiger partial charge in [0.15, 0.2) is 0 Å². The van der Waals surface area contributed by atoms with Gasteiger partial charge in [0.1, 0.15) is 0 Å². The Bertz CT molecular complexity index is 768. The van der Waals surface area contributed by atoms with Crippen LogP contribution in [0.2, 0.25) is 0 Å². The first-order valence-corrected chi connectivity index (χ1v) is 8.85. The standard InChI is InChI=1S/C17H19BrN4O4/c1-2-3-8-26-17(23)20-10-12-4-6-14(7-5-12)21-16-15(22(24)25)9-13(18)11-19-16/h4-7,9,11H,2-3,8,10H2,1H3,(H,19,21)(H,20,23). The highest BCUT2D eigenvalue weighted by atomic mass is 79.9. The van der Waals surface area contributed by atoms with E-state index in [0.717, 1.165) is 18.4 Å². The molecule has 0 spiro atoms. The van der Waals surface area contributed by atoms with Crippen LogP contribution in [-0.2, 0) is 11.3 Å². The molecular formula is C17H19BrN4O4. The molecule has 0 aliphatic heterocycles. The molecule has 0 atom stereocenters. The van der Waals surface area contributed by atoms with Crippen molar-refractivity contribution in [2.75, 3.05) is 11.9 Å². The Morgan fingerprint density at radius 3 is 2.73 bits per heavy atom. The van der Waals surface area contributed by atoms with E-state index in [9.17, 15) is 14.9 Å². The number of anilines is 2. The highest BCUT2D eigenvalue weighted by Gasteiger charge is 2.16. The van der Waals surface area contributed by atoms with Gasteiger partial charge in [-0.1, -0.05) is 25.5 Å². The number of rotatable bonds is 8. The van der Waals surface area contributed by atoms with Crippen molar-refractivity contribution < 1.29 is 14.5 Å². The lowest BCUT2D eigenvalue weighted by Gasteiger charge is -2.09. The molecule has 2 N–H and O–H groups in total. The summed E-state index contributed by atoms with van der Waals surface area (Å²) in [7, 11) is 0. The number of aromatic nitrogens is 1. The van der Waals surface area contributed by atoms with Crippen molar-refractivity contribution in [3.63, 3.8) is 0 Å². The van der Waals surface area contributed by atoms with E-state index in [2.05, 4.69) is 31.5 Å². The maximum atomic E-state index is 11.5. The first-order valence-electron chi connectivity index (χ1n) is 8.06. The van der Waals surface area contributed by atoms with Crippen LogP contribution in [0, 0.1) is 10.1 Å². The SMILES string of the molecule is CCCCOC(=O)NCc1ccc(Nc2ncc(Br)cc2[N+](=O)[O-])cc1. The second-order valence-electron chi connectivity index (χ2n) is 5.44. The third-order valence-corrected chi connectivity index (χ3v) is 3.85. The van der Waals surface area contributed by atoms with Gasteiger partial charge in [-0.25, -0.2) is 9.78 Å². The summed E-state index contributed by atoms with van der Waals surface area (Å²) in [5, 5.41) is 16.7. The normalized spacial score (nSPS) is 10.2. The molecule has 0 fully saturated rings. The molecule has 1 heterocycles. The van der Waals surface area contributed by atoms with Crippen molar-refractivity contribution in [1.29, 1.82) is 0 Å². The third-order valence-electron chi connectivity index (χ3n) is 3.42. The molecule has 26 heavy (non-hydrogen) atoms. The second kappa shape index (κ2) is 9.71. The van der Waals surface area contributed by atoms with Crippen LogP contribution in [0.5, 0.6) is 0 Å². The van der Waals surface area contributed by atoms with Gasteiger partial charge in [0.25, 0.3) is 0 Å². The van der Waals surface area contributed by atoms with Crippen molar-refractivity contribution in [2.24, 2.45) is 0 Å². The molecule has 0 aliphatic rings. The van der Waals surface area contributed by atoms with E-state index in [-0.39, 0.29) is 11.5 Å². The first kappa shape index (κ1) is 19.6. The molecule has 2 rings (SSSR count). The highest BCUT2D eigenvalue weighted by Crippen LogP contribution is 2.28. The topological polar surface area (TPSA) is 106 Å². The number of amides is 1. The second-order valence-corrected chi connectivity index (χ2v) is 6.36. The third kappa shape index (κ3) is 5.99. The molecule has 1 aromatic heterocycles. The molecule has 0 saturated carbocycles. The number of nitrogens with one attached hydrogen (secondary N) is 2. The quantitative estimate of drug-likeness (QED) is 0.367. The smallest absolute Gasteiger partial charge is 0.407 e. The highest BCUT2D eigenvalue weighted by molar-refractivity contribution is 9.10. The predicted molar refractivity (Wildman–Crippen MR) is 101 cm³/mol. The Hall–Kier alpha value is -2.68. The maximum absolute atomic E-state index is 11.5. The largest absolute Gasteiger partial charge is 0.450 e. The number of pyridine rings is 1. The monoisotopic (exact) mass is 422 g/mol. The van der Waals surface area contributed by atoms with E-state index in [0.29, 0.717) is 23.3 Å². The van der Waals surface area contributed by atoms with Crippen molar-refractivity contribution in [3.05, 3.63) is 56.7 Å². The zero-order valence-electron chi connectivity index (χ0n) is 14.2. The minimum atomic E-state index is -0.497. The zero-order chi connectivity index (χ0) is 18.9. The minimum absolute atomic E-state index is 0.125. The Labute approximate surface area is 159 Å². The number of nitrogens with zero attached hydrogens (tertiary/aromatic N) is 2. The Morgan fingerprint density at radius 2 is 2.08 bits per heavy atom. The number of nitro groups is 1. The fourth-order valence-electron chi connectivity index (χ4n) is 2.04. The number of carbonyl (C=O) groups excluding carboxylic acids is 1. The van der Waals surface area contributed by atoms with Crippen LogP contribution in [-0.4, -0.2) is 22.6 Å². The summed E-state index contributed by atoms with van der Waals surface area (Å²) < 4.78 is 5.54. The predicted octanol–water partition coefficient (Wildman–Crippen LogP) is 4.52. The lowest BCUT2D eigenvalue weighted by Crippen LogP contribution is -2.24. The molecule has 0 bridgehead atoms. The van der Waals surface area contributed by atoms with Crippen molar-refractivity contribution in [2.45, 2.75) is 26.3 Å². The van der Waals surface area contributed by atoms with Gasteiger partial charge >= 0.3 is 11.8 Å². The van der Waals surface area contributed by atoms with Crippen LogP contribution in [0.3, 0.4) is 0 Å². The van der Waals surface area contributed by atoms with Crippen LogP contribution in [0.15, 0.2) is 41.0 Å². The molecule has 0 radical (unpaired) electrons. The average Bonchev–Trinajstić information content (AvgIpc) is 2.62. The number of hydrogen-bond acceptors (Lipinski definition) is 6. The van der Waals surface area contributed by atoms with Gasteiger partial charge in [0, 0.05) is 29.0 Å². The van der Waals surface area contributed by atoms with E-state index >= 15 is 0 Å². The summed E-state index contributed by atoms with van der Waals surface area (Å²) in [6.45, 7) is 2.77. The summed E-state index contributed by atoms with van der Waals surface area (Å²) in [5.41, 5.74) is 1.40. The minimum Gasteiger partial charge on any atom is -0.450 e. The molecular weight excluding hydrogens is 404 g/mol. The molecule has 0 aliphatic carbocycles.